The topological polar surface area (TPSA) is 38.7 Å². The molecule has 0 saturated carbocycles. The van der Waals surface area contributed by atoms with Gasteiger partial charge in [-0.05, 0) is 31.9 Å². The van der Waals surface area contributed by atoms with Gasteiger partial charge in [-0.15, -0.1) is 0 Å². The smallest absolute Gasteiger partial charge is 0.0705 e. The number of hydrogen-bond donors (Lipinski definition) is 0. The van der Waals surface area contributed by atoms with Crippen molar-refractivity contribution in [3.05, 3.63) is 65.9 Å². The van der Waals surface area contributed by atoms with Gasteiger partial charge in [-0.2, -0.15) is 0 Å². The zero-order valence-electron chi connectivity index (χ0n) is 12.9. The minimum absolute atomic E-state index is 0.983. The molecule has 0 bridgehead atoms. The van der Waals surface area contributed by atoms with Crippen LogP contribution in [0.3, 0.4) is 0 Å². The molecule has 21 heavy (non-hydrogen) atoms. The summed E-state index contributed by atoms with van der Waals surface area (Å²) >= 11 is 0. The van der Waals surface area contributed by atoms with Crippen molar-refractivity contribution in [1.29, 1.82) is 0 Å². The van der Waals surface area contributed by atoms with Gasteiger partial charge in [-0.1, -0.05) is 38.1 Å². The maximum atomic E-state index is 4.38. The molecule has 0 aliphatic heterocycles. The van der Waals surface area contributed by atoms with Gasteiger partial charge in [-0.3, -0.25) is 15.0 Å². The van der Waals surface area contributed by atoms with Crippen molar-refractivity contribution >= 4 is 10.9 Å². The van der Waals surface area contributed by atoms with E-state index in [9.17, 15) is 0 Å². The molecule has 3 heteroatoms. The molecule has 2 heterocycles. The van der Waals surface area contributed by atoms with E-state index in [0.29, 0.717) is 0 Å². The fourth-order valence-electron chi connectivity index (χ4n) is 2.15. The second-order valence-electron chi connectivity index (χ2n) is 4.80. The maximum absolute atomic E-state index is 4.38. The van der Waals surface area contributed by atoms with Gasteiger partial charge in [0.05, 0.1) is 16.9 Å². The van der Waals surface area contributed by atoms with Crippen LogP contribution in [0.25, 0.3) is 10.9 Å². The fourth-order valence-corrected chi connectivity index (χ4v) is 2.15. The third-order valence-electron chi connectivity index (χ3n) is 3.27. The number of fused-ring (bicyclic) bond motifs is 1. The average molecular weight is 279 g/mol. The third kappa shape index (κ3) is 4.09. The Kier molecular flexibility index (Phi) is 5.38. The maximum Gasteiger partial charge on any atom is 0.0705 e. The first-order valence-electron chi connectivity index (χ1n) is 7.35. The zero-order valence-corrected chi connectivity index (χ0v) is 12.9. The molecule has 0 radical (unpaired) electrons. The van der Waals surface area contributed by atoms with Gasteiger partial charge in [0.15, 0.2) is 0 Å². The number of aromatic nitrogens is 3. The highest BCUT2D eigenvalue weighted by Gasteiger charge is 1.97. The number of pyridine rings is 1. The average Bonchev–Trinajstić information content (AvgIpc) is 2.55. The zero-order chi connectivity index (χ0) is 15.1. The normalized spacial score (nSPS) is 10.0. The molecule has 3 rings (SSSR count). The van der Waals surface area contributed by atoms with Crippen molar-refractivity contribution in [2.24, 2.45) is 0 Å². The SMILES string of the molecule is CCc1nccnc1CC.Cc1ccc2ccccc2n1. The number of hydrogen-bond acceptors (Lipinski definition) is 3. The standard InChI is InChI=1S/C10H9N.C8H12N2/c1-8-6-7-9-4-2-3-5-10(9)11-8;1-3-7-8(4-2)10-6-5-9-7/h2-7H,1H3;5-6H,3-4H2,1-2H3. The highest BCUT2D eigenvalue weighted by molar-refractivity contribution is 5.78. The van der Waals surface area contributed by atoms with Crippen molar-refractivity contribution in [3.63, 3.8) is 0 Å². The number of nitrogens with zero attached hydrogens (tertiary/aromatic N) is 3. The van der Waals surface area contributed by atoms with Crippen LogP contribution >= 0.6 is 0 Å². The van der Waals surface area contributed by atoms with E-state index < -0.39 is 0 Å². The third-order valence-corrected chi connectivity index (χ3v) is 3.27. The van der Waals surface area contributed by atoms with E-state index in [1.807, 2.05) is 31.2 Å². The monoisotopic (exact) mass is 279 g/mol. The first-order valence-corrected chi connectivity index (χ1v) is 7.35. The Bertz CT molecular complexity index is 684. The van der Waals surface area contributed by atoms with Gasteiger partial charge in [0, 0.05) is 23.5 Å². The van der Waals surface area contributed by atoms with E-state index in [2.05, 4.69) is 40.9 Å². The number of aryl methyl sites for hydroxylation is 3. The van der Waals surface area contributed by atoms with E-state index >= 15 is 0 Å². The summed E-state index contributed by atoms with van der Waals surface area (Å²) in [6.07, 6.45) is 5.46. The fraction of sp³-hybridized carbons (Fsp3) is 0.278. The first-order chi connectivity index (χ1) is 10.2. The highest BCUT2D eigenvalue weighted by atomic mass is 14.8. The van der Waals surface area contributed by atoms with E-state index in [-0.39, 0.29) is 0 Å². The highest BCUT2D eigenvalue weighted by Crippen LogP contribution is 2.10. The summed E-state index contributed by atoms with van der Waals surface area (Å²) < 4.78 is 0. The molecule has 0 saturated heterocycles. The number of benzene rings is 1. The van der Waals surface area contributed by atoms with Crippen molar-refractivity contribution in [3.8, 4) is 0 Å². The predicted octanol–water partition coefficient (Wildman–Crippen LogP) is 4.14. The summed E-state index contributed by atoms with van der Waals surface area (Å²) in [7, 11) is 0. The van der Waals surface area contributed by atoms with Crippen LogP contribution in [0.5, 0.6) is 0 Å². The van der Waals surface area contributed by atoms with Crippen LogP contribution in [-0.2, 0) is 12.8 Å². The molecule has 1 aromatic carbocycles. The van der Waals surface area contributed by atoms with Crippen LogP contribution in [0.1, 0.15) is 30.9 Å². The quantitative estimate of drug-likeness (QED) is 0.707. The summed E-state index contributed by atoms with van der Waals surface area (Å²) in [5.41, 5.74) is 4.41. The Labute approximate surface area is 126 Å². The molecule has 3 nitrogen and oxygen atoms in total. The molecule has 2 aromatic heterocycles. The van der Waals surface area contributed by atoms with Crippen LogP contribution in [0.4, 0.5) is 0 Å². The molecule has 0 amide bonds. The molecule has 0 aliphatic rings. The lowest BCUT2D eigenvalue weighted by Gasteiger charge is -1.99. The second kappa shape index (κ2) is 7.48. The molecule has 0 spiro atoms. The van der Waals surface area contributed by atoms with Crippen LogP contribution in [-0.4, -0.2) is 15.0 Å². The van der Waals surface area contributed by atoms with E-state index in [4.69, 9.17) is 0 Å². The van der Waals surface area contributed by atoms with Gasteiger partial charge in [0.2, 0.25) is 0 Å². The van der Waals surface area contributed by atoms with E-state index in [0.717, 1.165) is 35.4 Å². The van der Waals surface area contributed by atoms with Crippen molar-refractivity contribution < 1.29 is 0 Å². The minimum Gasteiger partial charge on any atom is -0.258 e. The van der Waals surface area contributed by atoms with Gasteiger partial charge >= 0.3 is 0 Å². The second-order valence-corrected chi connectivity index (χ2v) is 4.80. The summed E-state index contributed by atoms with van der Waals surface area (Å²) in [4.78, 5) is 12.8. The largest absolute Gasteiger partial charge is 0.258 e. The van der Waals surface area contributed by atoms with Gasteiger partial charge in [0.1, 0.15) is 0 Å². The number of rotatable bonds is 2. The van der Waals surface area contributed by atoms with E-state index in [1.54, 1.807) is 12.4 Å². The van der Waals surface area contributed by atoms with Crippen LogP contribution in [0, 0.1) is 6.92 Å². The minimum atomic E-state index is 0.983. The Hall–Kier alpha value is -2.29. The molecule has 0 aliphatic carbocycles. The summed E-state index contributed by atoms with van der Waals surface area (Å²) in [6.45, 7) is 6.21. The molecule has 0 unspecified atom stereocenters. The Morgan fingerprint density at radius 3 is 2.05 bits per heavy atom. The van der Waals surface area contributed by atoms with Crippen LogP contribution in [0.15, 0.2) is 48.8 Å². The lowest BCUT2D eigenvalue weighted by molar-refractivity contribution is 0.904. The predicted molar refractivity (Wildman–Crippen MR) is 87.3 cm³/mol. The van der Waals surface area contributed by atoms with Crippen LogP contribution in [0.2, 0.25) is 0 Å². The molecule has 3 aromatic rings. The summed E-state index contributed by atoms with van der Waals surface area (Å²) in [6, 6.07) is 12.3. The Morgan fingerprint density at radius 2 is 1.43 bits per heavy atom. The molecular formula is C18H21N3. The van der Waals surface area contributed by atoms with Gasteiger partial charge < -0.3 is 0 Å². The van der Waals surface area contributed by atoms with Gasteiger partial charge in [0.25, 0.3) is 0 Å². The molecule has 0 fully saturated rings. The van der Waals surface area contributed by atoms with Crippen molar-refractivity contribution in [1.82, 2.24) is 15.0 Å². The molecular weight excluding hydrogens is 258 g/mol. The lowest BCUT2D eigenvalue weighted by Crippen LogP contribution is -1.96. The van der Waals surface area contributed by atoms with Gasteiger partial charge in [-0.25, -0.2) is 0 Å². The summed E-state index contributed by atoms with van der Waals surface area (Å²) in [5, 5.41) is 1.21. The first kappa shape index (κ1) is 15.1. The lowest BCUT2D eigenvalue weighted by atomic mass is 10.2. The van der Waals surface area contributed by atoms with Crippen molar-refractivity contribution in [2.45, 2.75) is 33.6 Å². The Balaban J connectivity index is 0.000000155. The van der Waals surface area contributed by atoms with Crippen molar-refractivity contribution in [2.75, 3.05) is 0 Å². The molecule has 108 valence electrons. The molecule has 0 atom stereocenters. The van der Waals surface area contributed by atoms with E-state index in [1.165, 1.54) is 5.39 Å². The summed E-state index contributed by atoms with van der Waals surface area (Å²) in [5.74, 6) is 0. The molecule has 0 N–H and O–H groups in total. The Morgan fingerprint density at radius 1 is 0.810 bits per heavy atom. The number of para-hydroxylation sites is 1. The van der Waals surface area contributed by atoms with Crippen LogP contribution < -0.4 is 0 Å².